The maximum atomic E-state index is 5.36. The lowest BCUT2D eigenvalue weighted by molar-refractivity contribution is 0.372. The molecule has 7 nitrogen and oxygen atoms in total. The van der Waals surface area contributed by atoms with Crippen LogP contribution in [0, 0.1) is 0 Å². The number of nitrogens with one attached hydrogen (secondary N) is 1. The fraction of sp³-hybridized carbons (Fsp3) is 0.304. The molecule has 31 heavy (non-hydrogen) atoms. The average molecular weight is 532 g/mol. The van der Waals surface area contributed by atoms with Gasteiger partial charge >= 0.3 is 0 Å². The van der Waals surface area contributed by atoms with Gasteiger partial charge in [-0.05, 0) is 23.8 Å². The molecule has 0 bridgehead atoms. The first-order chi connectivity index (χ1) is 14.8. The van der Waals surface area contributed by atoms with Gasteiger partial charge in [0, 0.05) is 63.9 Å². The van der Waals surface area contributed by atoms with Crippen LogP contribution < -0.4 is 15.0 Å². The molecule has 1 aliphatic heterocycles. The van der Waals surface area contributed by atoms with Gasteiger partial charge in [0.2, 0.25) is 0 Å². The van der Waals surface area contributed by atoms with Gasteiger partial charge in [-0.3, -0.25) is 4.99 Å². The molecular weight excluding hydrogens is 503 g/mol. The molecule has 0 unspecified atom stereocenters. The number of ether oxygens (including phenoxy) is 1. The Morgan fingerprint density at radius 3 is 2.61 bits per heavy atom. The van der Waals surface area contributed by atoms with Crippen molar-refractivity contribution in [3.05, 3.63) is 72.8 Å². The number of para-hydroxylation sites is 1. The van der Waals surface area contributed by atoms with Crippen molar-refractivity contribution in [1.29, 1.82) is 0 Å². The van der Waals surface area contributed by atoms with Gasteiger partial charge in [0.05, 0.1) is 19.1 Å². The van der Waals surface area contributed by atoms with E-state index in [1.54, 1.807) is 13.3 Å². The smallest absolute Gasteiger partial charge is 0.194 e. The van der Waals surface area contributed by atoms with Crippen LogP contribution in [0.25, 0.3) is 5.69 Å². The summed E-state index contributed by atoms with van der Waals surface area (Å²) in [5.74, 6) is 1.82. The fourth-order valence-electron chi connectivity index (χ4n) is 3.80. The fourth-order valence-corrected chi connectivity index (χ4v) is 3.80. The van der Waals surface area contributed by atoms with Crippen molar-refractivity contribution in [2.45, 2.75) is 6.54 Å². The summed E-state index contributed by atoms with van der Waals surface area (Å²) < 4.78 is 7.40. The lowest BCUT2D eigenvalue weighted by Gasteiger charge is -2.37. The van der Waals surface area contributed by atoms with Crippen LogP contribution in [-0.2, 0) is 6.54 Å². The van der Waals surface area contributed by atoms with Gasteiger partial charge in [-0.25, -0.2) is 4.98 Å². The van der Waals surface area contributed by atoms with Crippen LogP contribution >= 0.6 is 24.0 Å². The molecular formula is C23H29IN6O. The van der Waals surface area contributed by atoms with Crippen LogP contribution in [0.2, 0.25) is 0 Å². The number of rotatable bonds is 5. The maximum absolute atomic E-state index is 5.36. The van der Waals surface area contributed by atoms with E-state index in [-0.39, 0.29) is 24.0 Å². The number of hydrogen-bond donors (Lipinski definition) is 1. The summed E-state index contributed by atoms with van der Waals surface area (Å²) in [6, 6.07) is 16.6. The van der Waals surface area contributed by atoms with E-state index in [4.69, 9.17) is 4.74 Å². The van der Waals surface area contributed by atoms with E-state index < -0.39 is 0 Å². The minimum Gasteiger partial charge on any atom is -0.497 e. The van der Waals surface area contributed by atoms with Crippen molar-refractivity contribution in [1.82, 2.24) is 19.8 Å². The number of benzene rings is 2. The number of aliphatic imine (C=N–C) groups is 1. The van der Waals surface area contributed by atoms with Crippen molar-refractivity contribution in [2.75, 3.05) is 45.2 Å². The Kier molecular flexibility index (Phi) is 8.16. The lowest BCUT2D eigenvalue weighted by Crippen LogP contribution is -2.52. The largest absolute Gasteiger partial charge is 0.497 e. The van der Waals surface area contributed by atoms with E-state index in [2.05, 4.69) is 55.4 Å². The number of guanidine groups is 1. The molecule has 0 aliphatic carbocycles. The number of aromatic nitrogens is 2. The van der Waals surface area contributed by atoms with Gasteiger partial charge in [0.15, 0.2) is 5.96 Å². The molecule has 0 atom stereocenters. The van der Waals surface area contributed by atoms with Crippen molar-refractivity contribution in [2.24, 2.45) is 4.99 Å². The van der Waals surface area contributed by atoms with Crippen LogP contribution in [0.4, 0.5) is 5.69 Å². The van der Waals surface area contributed by atoms with Crippen LogP contribution in [0.3, 0.4) is 0 Å². The van der Waals surface area contributed by atoms with Crippen molar-refractivity contribution >= 4 is 35.6 Å². The second-order valence-corrected chi connectivity index (χ2v) is 7.18. The molecule has 164 valence electrons. The van der Waals surface area contributed by atoms with E-state index in [1.165, 1.54) is 11.3 Å². The summed E-state index contributed by atoms with van der Waals surface area (Å²) in [6.45, 7) is 4.43. The molecule has 0 amide bonds. The Hall–Kier alpha value is -2.75. The third kappa shape index (κ3) is 5.49. The number of hydrogen-bond acceptors (Lipinski definition) is 4. The first kappa shape index (κ1) is 22.9. The second-order valence-electron chi connectivity index (χ2n) is 7.18. The maximum Gasteiger partial charge on any atom is 0.194 e. The summed E-state index contributed by atoms with van der Waals surface area (Å²) in [7, 11) is 3.55. The summed E-state index contributed by atoms with van der Waals surface area (Å²) in [4.78, 5) is 13.4. The Labute approximate surface area is 200 Å². The van der Waals surface area contributed by atoms with Gasteiger partial charge < -0.3 is 24.4 Å². The molecule has 0 radical (unpaired) electrons. The highest BCUT2D eigenvalue weighted by Crippen LogP contribution is 2.22. The molecule has 1 N–H and O–H groups in total. The molecule has 2 aromatic carbocycles. The number of piperazine rings is 1. The van der Waals surface area contributed by atoms with Crippen molar-refractivity contribution < 1.29 is 4.74 Å². The van der Waals surface area contributed by atoms with Gasteiger partial charge in [-0.15, -0.1) is 24.0 Å². The van der Waals surface area contributed by atoms with Crippen LogP contribution in [0.5, 0.6) is 5.75 Å². The highest BCUT2D eigenvalue weighted by atomic mass is 127. The van der Waals surface area contributed by atoms with E-state index in [0.29, 0.717) is 6.54 Å². The third-order valence-corrected chi connectivity index (χ3v) is 5.42. The summed E-state index contributed by atoms with van der Waals surface area (Å²) in [5.41, 5.74) is 3.53. The molecule has 1 saturated heterocycles. The topological polar surface area (TPSA) is 57.9 Å². The van der Waals surface area contributed by atoms with E-state index in [1.807, 2.05) is 42.3 Å². The summed E-state index contributed by atoms with van der Waals surface area (Å²) >= 11 is 0. The summed E-state index contributed by atoms with van der Waals surface area (Å²) in [5, 5.41) is 3.53. The molecule has 1 fully saturated rings. The van der Waals surface area contributed by atoms with Gasteiger partial charge in [0.25, 0.3) is 0 Å². The molecule has 0 spiro atoms. The van der Waals surface area contributed by atoms with Gasteiger partial charge in [-0.1, -0.05) is 24.3 Å². The minimum atomic E-state index is 0. The number of imidazole rings is 1. The molecule has 1 aliphatic rings. The SMILES string of the molecule is CN=C(NCc1ccccc1-n1ccnc1)N1CCN(c2cccc(OC)c2)CC1.I. The monoisotopic (exact) mass is 532 g/mol. The molecule has 2 heterocycles. The van der Waals surface area contributed by atoms with E-state index in [0.717, 1.165) is 43.6 Å². The zero-order chi connectivity index (χ0) is 20.8. The third-order valence-electron chi connectivity index (χ3n) is 5.42. The predicted octanol–water partition coefficient (Wildman–Crippen LogP) is 3.40. The Balaban J connectivity index is 0.00000272. The minimum absolute atomic E-state index is 0. The van der Waals surface area contributed by atoms with Crippen LogP contribution in [0.1, 0.15) is 5.56 Å². The van der Waals surface area contributed by atoms with Gasteiger partial charge in [0.1, 0.15) is 5.75 Å². The summed E-state index contributed by atoms with van der Waals surface area (Å²) in [6.07, 6.45) is 5.59. The Bertz CT molecular complexity index is 983. The number of anilines is 1. The normalized spacial score (nSPS) is 14.2. The quantitative estimate of drug-likeness (QED) is 0.310. The first-order valence-electron chi connectivity index (χ1n) is 10.2. The standard InChI is InChI=1S/C23H28N6O.HI/c1-24-23(26-17-19-6-3-4-9-22(19)29-11-10-25-18-29)28-14-12-27(13-15-28)20-7-5-8-21(16-20)30-2;/h3-11,16,18H,12-15,17H2,1-2H3,(H,24,26);1H. The average Bonchev–Trinajstić information content (AvgIpc) is 3.35. The van der Waals surface area contributed by atoms with Crippen molar-refractivity contribution in [3.63, 3.8) is 0 Å². The number of halogens is 1. The highest BCUT2D eigenvalue weighted by Gasteiger charge is 2.20. The molecule has 3 aromatic rings. The van der Waals surface area contributed by atoms with E-state index >= 15 is 0 Å². The van der Waals surface area contributed by atoms with Gasteiger partial charge in [-0.2, -0.15) is 0 Å². The zero-order valence-electron chi connectivity index (χ0n) is 17.9. The lowest BCUT2D eigenvalue weighted by atomic mass is 10.1. The first-order valence-corrected chi connectivity index (χ1v) is 10.2. The van der Waals surface area contributed by atoms with Crippen LogP contribution in [-0.4, -0.2) is 60.7 Å². The van der Waals surface area contributed by atoms with Crippen molar-refractivity contribution in [3.8, 4) is 11.4 Å². The molecule has 0 saturated carbocycles. The Morgan fingerprint density at radius 2 is 1.90 bits per heavy atom. The second kappa shape index (κ2) is 11.0. The molecule has 1 aromatic heterocycles. The number of nitrogens with zero attached hydrogens (tertiary/aromatic N) is 5. The predicted molar refractivity (Wildman–Crippen MR) is 136 cm³/mol. The van der Waals surface area contributed by atoms with E-state index in [9.17, 15) is 0 Å². The number of methoxy groups -OCH3 is 1. The molecule has 8 heteroatoms. The highest BCUT2D eigenvalue weighted by molar-refractivity contribution is 14.0. The zero-order valence-corrected chi connectivity index (χ0v) is 20.3. The van der Waals surface area contributed by atoms with Crippen LogP contribution in [0.15, 0.2) is 72.2 Å². The Morgan fingerprint density at radius 1 is 1.10 bits per heavy atom. The molecule has 4 rings (SSSR count).